The van der Waals surface area contributed by atoms with E-state index >= 15 is 0 Å². The zero-order chi connectivity index (χ0) is 13.0. The zero-order valence-corrected chi connectivity index (χ0v) is 10.3. The Morgan fingerprint density at radius 1 is 1.06 bits per heavy atom. The molecule has 0 heterocycles. The highest BCUT2D eigenvalue weighted by Gasteiger charge is 2.14. The zero-order valence-electron chi connectivity index (χ0n) is 10.3. The second-order valence-electron chi connectivity index (χ2n) is 4.03. The number of hydrogen-bond donors (Lipinski definition) is 1. The molecule has 2 rings (SSSR count). The number of carbonyl (C=O) groups excluding carboxylic acids is 1. The second kappa shape index (κ2) is 5.36. The maximum absolute atomic E-state index is 11.6. The molecule has 0 aliphatic heterocycles. The van der Waals surface area contributed by atoms with Crippen LogP contribution in [0.5, 0.6) is 0 Å². The number of benzene rings is 2. The Kier molecular flexibility index (Phi) is 3.63. The summed E-state index contributed by atoms with van der Waals surface area (Å²) in [7, 11) is 0. The number of primary amides is 1. The van der Waals surface area contributed by atoms with Gasteiger partial charge in [0.05, 0.1) is 11.4 Å². The molecule has 0 aromatic heterocycles. The van der Waals surface area contributed by atoms with Crippen LogP contribution < -0.4 is 10.6 Å². The molecule has 92 valence electrons. The van der Waals surface area contributed by atoms with E-state index in [2.05, 4.69) is 6.92 Å². The first-order valence-corrected chi connectivity index (χ1v) is 5.96. The molecular formula is C15H16N2O. The third kappa shape index (κ3) is 2.51. The molecule has 0 saturated carbocycles. The SMILES string of the molecule is CCc1cccc(N(C(N)=O)c2ccccc2)c1. The van der Waals surface area contributed by atoms with Crippen LogP contribution >= 0.6 is 0 Å². The van der Waals surface area contributed by atoms with Crippen LogP contribution in [0.25, 0.3) is 0 Å². The lowest BCUT2D eigenvalue weighted by atomic mass is 10.1. The van der Waals surface area contributed by atoms with Gasteiger partial charge in [0.15, 0.2) is 0 Å². The molecular weight excluding hydrogens is 224 g/mol. The number of carbonyl (C=O) groups is 1. The van der Waals surface area contributed by atoms with Crippen LogP contribution in [0.1, 0.15) is 12.5 Å². The van der Waals surface area contributed by atoms with Gasteiger partial charge in [-0.15, -0.1) is 0 Å². The summed E-state index contributed by atoms with van der Waals surface area (Å²) < 4.78 is 0. The number of hydrogen-bond acceptors (Lipinski definition) is 1. The third-order valence-electron chi connectivity index (χ3n) is 2.81. The molecule has 0 aliphatic carbocycles. The average Bonchev–Trinajstić information content (AvgIpc) is 2.40. The van der Waals surface area contributed by atoms with Crippen molar-refractivity contribution in [3.05, 3.63) is 60.2 Å². The van der Waals surface area contributed by atoms with E-state index < -0.39 is 6.03 Å². The first kappa shape index (κ1) is 12.2. The summed E-state index contributed by atoms with van der Waals surface area (Å²) >= 11 is 0. The molecule has 0 spiro atoms. The molecule has 0 aliphatic rings. The van der Waals surface area contributed by atoms with Gasteiger partial charge in [0, 0.05) is 0 Å². The Bertz CT molecular complexity index is 537. The molecule has 3 nitrogen and oxygen atoms in total. The van der Waals surface area contributed by atoms with E-state index in [1.807, 2.05) is 54.6 Å². The summed E-state index contributed by atoms with van der Waals surface area (Å²) in [6, 6.07) is 16.8. The standard InChI is InChI=1S/C15H16N2O/c1-2-12-7-6-10-14(11-12)17(15(16)18)13-8-4-3-5-9-13/h3-11H,2H2,1H3,(H2,16,18). The van der Waals surface area contributed by atoms with Crippen LogP contribution in [-0.4, -0.2) is 6.03 Å². The minimum Gasteiger partial charge on any atom is -0.351 e. The van der Waals surface area contributed by atoms with Crippen molar-refractivity contribution < 1.29 is 4.79 Å². The Morgan fingerprint density at radius 2 is 1.72 bits per heavy atom. The fraction of sp³-hybridized carbons (Fsp3) is 0.133. The van der Waals surface area contributed by atoms with Crippen LogP contribution in [0.3, 0.4) is 0 Å². The van der Waals surface area contributed by atoms with Gasteiger partial charge in [0.2, 0.25) is 0 Å². The number of nitrogens with two attached hydrogens (primary N) is 1. The minimum absolute atomic E-state index is 0.477. The van der Waals surface area contributed by atoms with Crippen molar-refractivity contribution in [3.8, 4) is 0 Å². The Labute approximate surface area is 107 Å². The number of para-hydroxylation sites is 1. The van der Waals surface area contributed by atoms with E-state index in [-0.39, 0.29) is 0 Å². The van der Waals surface area contributed by atoms with Gasteiger partial charge in [-0.3, -0.25) is 4.90 Å². The summed E-state index contributed by atoms with van der Waals surface area (Å²) in [5.74, 6) is 0. The van der Waals surface area contributed by atoms with E-state index in [1.54, 1.807) is 0 Å². The summed E-state index contributed by atoms with van der Waals surface area (Å²) in [6.07, 6.45) is 0.926. The number of aryl methyl sites for hydroxylation is 1. The molecule has 0 unspecified atom stereocenters. The fourth-order valence-corrected chi connectivity index (χ4v) is 1.90. The summed E-state index contributed by atoms with van der Waals surface area (Å²) in [5, 5.41) is 0. The minimum atomic E-state index is -0.477. The van der Waals surface area contributed by atoms with E-state index in [1.165, 1.54) is 10.5 Å². The van der Waals surface area contributed by atoms with Crippen molar-refractivity contribution in [1.82, 2.24) is 0 Å². The predicted octanol–water partition coefficient (Wildman–Crippen LogP) is 3.47. The average molecular weight is 240 g/mol. The van der Waals surface area contributed by atoms with Crippen molar-refractivity contribution in [1.29, 1.82) is 0 Å². The van der Waals surface area contributed by atoms with Crippen molar-refractivity contribution in [2.75, 3.05) is 4.90 Å². The Morgan fingerprint density at radius 3 is 2.33 bits per heavy atom. The van der Waals surface area contributed by atoms with Gasteiger partial charge in [-0.05, 0) is 36.2 Å². The normalized spacial score (nSPS) is 10.1. The van der Waals surface area contributed by atoms with E-state index in [0.717, 1.165) is 17.8 Å². The maximum atomic E-state index is 11.6. The molecule has 0 atom stereocenters. The lowest BCUT2D eigenvalue weighted by Crippen LogP contribution is -2.31. The van der Waals surface area contributed by atoms with Gasteiger partial charge in [-0.1, -0.05) is 37.3 Å². The molecule has 2 amide bonds. The molecule has 0 fully saturated rings. The Hall–Kier alpha value is -2.29. The Balaban J connectivity index is 2.45. The largest absolute Gasteiger partial charge is 0.351 e. The van der Waals surface area contributed by atoms with Gasteiger partial charge < -0.3 is 5.73 Å². The van der Waals surface area contributed by atoms with Gasteiger partial charge in [0.25, 0.3) is 0 Å². The number of rotatable bonds is 3. The van der Waals surface area contributed by atoms with Crippen molar-refractivity contribution in [3.63, 3.8) is 0 Å². The topological polar surface area (TPSA) is 46.3 Å². The van der Waals surface area contributed by atoms with Crippen LogP contribution in [-0.2, 0) is 6.42 Å². The molecule has 0 radical (unpaired) electrons. The summed E-state index contributed by atoms with van der Waals surface area (Å²) in [6.45, 7) is 2.08. The molecule has 2 aromatic carbocycles. The van der Waals surface area contributed by atoms with E-state index in [9.17, 15) is 4.79 Å². The molecule has 18 heavy (non-hydrogen) atoms. The van der Waals surface area contributed by atoms with Crippen molar-refractivity contribution in [2.45, 2.75) is 13.3 Å². The number of nitrogens with zero attached hydrogens (tertiary/aromatic N) is 1. The monoisotopic (exact) mass is 240 g/mol. The molecule has 0 bridgehead atoms. The van der Waals surface area contributed by atoms with Crippen LogP contribution in [0.2, 0.25) is 0 Å². The highest BCUT2D eigenvalue weighted by molar-refractivity contribution is 5.98. The summed E-state index contributed by atoms with van der Waals surface area (Å²) in [4.78, 5) is 13.2. The van der Waals surface area contributed by atoms with Crippen LogP contribution in [0, 0.1) is 0 Å². The lowest BCUT2D eigenvalue weighted by Gasteiger charge is -2.21. The van der Waals surface area contributed by atoms with Crippen molar-refractivity contribution >= 4 is 17.4 Å². The third-order valence-corrected chi connectivity index (χ3v) is 2.81. The highest BCUT2D eigenvalue weighted by Crippen LogP contribution is 2.25. The summed E-state index contributed by atoms with van der Waals surface area (Å²) in [5.41, 5.74) is 8.23. The van der Waals surface area contributed by atoms with Crippen molar-refractivity contribution in [2.24, 2.45) is 5.73 Å². The number of urea groups is 1. The quantitative estimate of drug-likeness (QED) is 0.877. The maximum Gasteiger partial charge on any atom is 0.323 e. The van der Waals surface area contributed by atoms with Crippen LogP contribution in [0.4, 0.5) is 16.2 Å². The van der Waals surface area contributed by atoms with Gasteiger partial charge >= 0.3 is 6.03 Å². The predicted molar refractivity (Wildman–Crippen MR) is 74.0 cm³/mol. The van der Waals surface area contributed by atoms with Gasteiger partial charge in [0.1, 0.15) is 0 Å². The smallest absolute Gasteiger partial charge is 0.323 e. The van der Waals surface area contributed by atoms with Crippen LogP contribution in [0.15, 0.2) is 54.6 Å². The number of anilines is 2. The molecule has 3 heteroatoms. The molecule has 0 saturated heterocycles. The second-order valence-corrected chi connectivity index (χ2v) is 4.03. The molecule has 2 aromatic rings. The lowest BCUT2D eigenvalue weighted by molar-refractivity contribution is 0.256. The molecule has 2 N–H and O–H groups in total. The van der Waals surface area contributed by atoms with E-state index in [0.29, 0.717) is 0 Å². The first-order valence-electron chi connectivity index (χ1n) is 5.96. The highest BCUT2D eigenvalue weighted by atomic mass is 16.2. The van der Waals surface area contributed by atoms with Gasteiger partial charge in [-0.25, -0.2) is 4.79 Å². The van der Waals surface area contributed by atoms with Gasteiger partial charge in [-0.2, -0.15) is 0 Å². The first-order chi connectivity index (χ1) is 8.72. The van der Waals surface area contributed by atoms with E-state index in [4.69, 9.17) is 5.73 Å². The number of amides is 2. The fourth-order valence-electron chi connectivity index (χ4n) is 1.90.